The molecule has 3 aromatic carbocycles. The van der Waals surface area contributed by atoms with E-state index in [-0.39, 0.29) is 6.54 Å². The molecule has 152 valence electrons. The average Bonchev–Trinajstić information content (AvgIpc) is 2.77. The minimum atomic E-state index is -0.851. The van der Waals surface area contributed by atoms with E-state index >= 15 is 0 Å². The molecule has 0 aliphatic heterocycles. The zero-order valence-corrected chi connectivity index (χ0v) is 16.7. The van der Waals surface area contributed by atoms with Gasteiger partial charge in [0.05, 0.1) is 6.21 Å². The zero-order chi connectivity index (χ0) is 21.3. The van der Waals surface area contributed by atoms with Gasteiger partial charge in [0.1, 0.15) is 12.4 Å². The van der Waals surface area contributed by atoms with Crippen molar-refractivity contribution in [1.82, 2.24) is 10.7 Å². The highest BCUT2D eigenvalue weighted by Crippen LogP contribution is 2.27. The molecule has 0 heterocycles. The number of rotatable bonds is 7. The Morgan fingerprint density at radius 1 is 1.03 bits per heavy atom. The number of ether oxygens (including phenoxy) is 1. The standard InChI is InChI=1S/C24H23N3O3/c1-3-14-25-23(28)24(29)27-26-15-21-20-7-5-4-6-19(20)12-13-22(21)30-16-18-10-8-17(2)9-11-18/h3-13,15H,1,14,16H2,2H3,(H,25,28)(H,27,29)/b26-15-. The van der Waals surface area contributed by atoms with Crippen molar-refractivity contribution in [2.24, 2.45) is 5.10 Å². The summed E-state index contributed by atoms with van der Waals surface area (Å²) in [7, 11) is 0. The van der Waals surface area contributed by atoms with E-state index in [4.69, 9.17) is 4.74 Å². The van der Waals surface area contributed by atoms with Crippen LogP contribution in [0, 0.1) is 6.92 Å². The minimum absolute atomic E-state index is 0.205. The molecule has 2 N–H and O–H groups in total. The molecule has 3 aromatic rings. The molecule has 6 nitrogen and oxygen atoms in total. The molecule has 0 bridgehead atoms. The third kappa shape index (κ3) is 5.32. The molecule has 0 saturated carbocycles. The molecule has 0 atom stereocenters. The maximum absolute atomic E-state index is 11.8. The van der Waals surface area contributed by atoms with E-state index in [9.17, 15) is 9.59 Å². The van der Waals surface area contributed by atoms with Crippen molar-refractivity contribution in [3.63, 3.8) is 0 Å². The van der Waals surface area contributed by atoms with Gasteiger partial charge in [-0.2, -0.15) is 5.10 Å². The number of hydrogen-bond acceptors (Lipinski definition) is 4. The lowest BCUT2D eigenvalue weighted by Gasteiger charge is -2.12. The quantitative estimate of drug-likeness (QED) is 0.275. The van der Waals surface area contributed by atoms with Crippen LogP contribution in [0.5, 0.6) is 5.75 Å². The third-order valence-electron chi connectivity index (χ3n) is 4.42. The third-order valence-corrected chi connectivity index (χ3v) is 4.42. The smallest absolute Gasteiger partial charge is 0.329 e. The predicted molar refractivity (Wildman–Crippen MR) is 118 cm³/mol. The van der Waals surface area contributed by atoms with Crippen molar-refractivity contribution in [1.29, 1.82) is 0 Å². The van der Waals surface area contributed by atoms with Crippen LogP contribution < -0.4 is 15.5 Å². The second-order valence-corrected chi connectivity index (χ2v) is 6.67. The van der Waals surface area contributed by atoms with Gasteiger partial charge in [-0.15, -0.1) is 6.58 Å². The lowest BCUT2D eigenvalue weighted by atomic mass is 10.0. The maximum Gasteiger partial charge on any atom is 0.329 e. The Balaban J connectivity index is 1.80. The summed E-state index contributed by atoms with van der Waals surface area (Å²) in [6, 6.07) is 19.8. The molecule has 0 fully saturated rings. The van der Waals surface area contributed by atoms with Crippen molar-refractivity contribution < 1.29 is 14.3 Å². The molecular formula is C24H23N3O3. The Morgan fingerprint density at radius 2 is 1.80 bits per heavy atom. The fourth-order valence-electron chi connectivity index (χ4n) is 2.83. The van der Waals surface area contributed by atoms with Crippen molar-refractivity contribution in [3.8, 4) is 5.75 Å². The monoisotopic (exact) mass is 401 g/mol. The Bertz CT molecular complexity index is 1090. The van der Waals surface area contributed by atoms with Crippen LogP contribution in [0.3, 0.4) is 0 Å². The number of fused-ring (bicyclic) bond motifs is 1. The first-order chi connectivity index (χ1) is 14.6. The van der Waals surface area contributed by atoms with Gasteiger partial charge in [-0.3, -0.25) is 9.59 Å². The summed E-state index contributed by atoms with van der Waals surface area (Å²) in [5.41, 5.74) is 5.19. The van der Waals surface area contributed by atoms with Gasteiger partial charge < -0.3 is 10.1 Å². The first kappa shape index (κ1) is 20.8. The predicted octanol–water partition coefficient (Wildman–Crippen LogP) is 3.48. The number of nitrogens with one attached hydrogen (secondary N) is 2. The summed E-state index contributed by atoms with van der Waals surface area (Å²) >= 11 is 0. The summed E-state index contributed by atoms with van der Waals surface area (Å²) in [6.07, 6.45) is 2.98. The number of hydrogen-bond donors (Lipinski definition) is 2. The van der Waals surface area contributed by atoms with Crippen molar-refractivity contribution in [3.05, 3.63) is 90.0 Å². The second kappa shape index (κ2) is 10.0. The van der Waals surface area contributed by atoms with E-state index in [2.05, 4.69) is 22.4 Å². The summed E-state index contributed by atoms with van der Waals surface area (Å²) in [5, 5.41) is 8.29. The fourth-order valence-corrected chi connectivity index (χ4v) is 2.83. The van der Waals surface area contributed by atoms with E-state index in [1.807, 2.05) is 67.6 Å². The SMILES string of the molecule is C=CCNC(=O)C(=O)N/N=C\c1c(OCc2ccc(C)cc2)ccc2ccccc12. The van der Waals surface area contributed by atoms with Gasteiger partial charge in [-0.25, -0.2) is 5.43 Å². The van der Waals surface area contributed by atoms with Gasteiger partial charge in [-0.1, -0.05) is 66.2 Å². The highest BCUT2D eigenvalue weighted by atomic mass is 16.5. The van der Waals surface area contributed by atoms with E-state index in [1.165, 1.54) is 17.9 Å². The van der Waals surface area contributed by atoms with E-state index in [1.54, 1.807) is 0 Å². The molecule has 0 aliphatic carbocycles. The van der Waals surface area contributed by atoms with Crippen LogP contribution in [-0.2, 0) is 16.2 Å². The summed E-state index contributed by atoms with van der Waals surface area (Å²) in [4.78, 5) is 23.5. The number of amides is 2. The van der Waals surface area contributed by atoms with E-state index in [0.717, 1.165) is 16.3 Å². The molecule has 0 unspecified atom stereocenters. The van der Waals surface area contributed by atoms with Crippen molar-refractivity contribution in [2.45, 2.75) is 13.5 Å². The van der Waals surface area contributed by atoms with Crippen LogP contribution in [0.15, 0.2) is 78.4 Å². The number of benzene rings is 3. The van der Waals surface area contributed by atoms with Crippen molar-refractivity contribution >= 4 is 28.8 Å². The highest BCUT2D eigenvalue weighted by molar-refractivity contribution is 6.35. The molecule has 2 amide bonds. The van der Waals surface area contributed by atoms with E-state index in [0.29, 0.717) is 17.9 Å². The van der Waals surface area contributed by atoms with Crippen LogP contribution in [0.1, 0.15) is 16.7 Å². The molecule has 0 aromatic heterocycles. The van der Waals surface area contributed by atoms with Gasteiger partial charge in [0, 0.05) is 12.1 Å². The zero-order valence-electron chi connectivity index (χ0n) is 16.7. The van der Waals surface area contributed by atoms with Gasteiger partial charge in [0.2, 0.25) is 0 Å². The van der Waals surface area contributed by atoms with Gasteiger partial charge in [-0.05, 0) is 29.3 Å². The lowest BCUT2D eigenvalue weighted by molar-refractivity contribution is -0.139. The first-order valence-electron chi connectivity index (χ1n) is 9.50. The van der Waals surface area contributed by atoms with Gasteiger partial charge >= 0.3 is 11.8 Å². The Kier molecular flexibility index (Phi) is 6.95. The highest BCUT2D eigenvalue weighted by Gasteiger charge is 2.12. The molecule has 30 heavy (non-hydrogen) atoms. The molecule has 3 rings (SSSR count). The summed E-state index contributed by atoms with van der Waals surface area (Å²) in [5.74, 6) is -1.00. The lowest BCUT2D eigenvalue weighted by Crippen LogP contribution is -2.37. The minimum Gasteiger partial charge on any atom is -0.488 e. The molecule has 0 saturated heterocycles. The van der Waals surface area contributed by atoms with Gasteiger partial charge in [0.15, 0.2) is 0 Å². The normalized spacial score (nSPS) is 10.7. The number of carbonyl (C=O) groups excluding carboxylic acids is 2. The molecule has 0 spiro atoms. The van der Waals surface area contributed by atoms with Crippen LogP contribution >= 0.6 is 0 Å². The van der Waals surface area contributed by atoms with Crippen LogP contribution in [-0.4, -0.2) is 24.6 Å². The topological polar surface area (TPSA) is 79.8 Å². The largest absolute Gasteiger partial charge is 0.488 e. The molecule has 0 aliphatic rings. The first-order valence-corrected chi connectivity index (χ1v) is 9.50. The number of aryl methyl sites for hydroxylation is 1. The number of hydrazone groups is 1. The average molecular weight is 401 g/mol. The summed E-state index contributed by atoms with van der Waals surface area (Å²) in [6.45, 7) is 6.13. The van der Waals surface area contributed by atoms with E-state index < -0.39 is 11.8 Å². The van der Waals surface area contributed by atoms with Crippen molar-refractivity contribution in [2.75, 3.05) is 6.54 Å². The fraction of sp³-hybridized carbons (Fsp3) is 0.125. The molecule has 0 radical (unpaired) electrons. The van der Waals surface area contributed by atoms with Gasteiger partial charge in [0.25, 0.3) is 0 Å². The van der Waals surface area contributed by atoms with Crippen LogP contribution in [0.4, 0.5) is 0 Å². The maximum atomic E-state index is 11.8. The Hall–Kier alpha value is -3.93. The number of nitrogens with zero attached hydrogens (tertiary/aromatic N) is 1. The van der Waals surface area contributed by atoms with Crippen LogP contribution in [0.2, 0.25) is 0 Å². The molecule has 6 heteroatoms. The Morgan fingerprint density at radius 3 is 2.57 bits per heavy atom. The second-order valence-electron chi connectivity index (χ2n) is 6.67. The Labute approximate surface area is 175 Å². The number of carbonyl (C=O) groups is 2. The summed E-state index contributed by atoms with van der Waals surface area (Å²) < 4.78 is 6.03. The van der Waals surface area contributed by atoms with Crippen LogP contribution in [0.25, 0.3) is 10.8 Å². The molecular weight excluding hydrogens is 378 g/mol.